The molecule has 0 aliphatic heterocycles. The van der Waals surface area contributed by atoms with Gasteiger partial charge in [0, 0.05) is 41.5 Å². The maximum absolute atomic E-state index is 13.3. The second-order valence-corrected chi connectivity index (χ2v) is 7.37. The average molecular weight is 442 g/mol. The molecule has 0 fully saturated rings. The third-order valence-electron chi connectivity index (χ3n) is 4.24. The Bertz CT molecular complexity index is 1320. The van der Waals surface area contributed by atoms with Gasteiger partial charge in [0.25, 0.3) is 11.5 Å². The van der Waals surface area contributed by atoms with E-state index in [1.807, 2.05) is 0 Å². The van der Waals surface area contributed by atoms with Crippen LogP contribution in [-0.2, 0) is 6.54 Å². The summed E-state index contributed by atoms with van der Waals surface area (Å²) in [5, 5.41) is 4.45. The molecule has 10 heteroatoms. The normalized spacial score (nSPS) is 10.8. The van der Waals surface area contributed by atoms with Gasteiger partial charge in [0.05, 0.1) is 12.2 Å². The number of pyridine rings is 2. The number of hydrogen-bond acceptors (Lipinski definition) is 5. The molecule has 3 heterocycles. The van der Waals surface area contributed by atoms with E-state index in [1.54, 1.807) is 5.38 Å². The summed E-state index contributed by atoms with van der Waals surface area (Å²) in [4.78, 5) is 33.0. The summed E-state index contributed by atoms with van der Waals surface area (Å²) >= 11 is 1.13. The van der Waals surface area contributed by atoms with Crippen molar-refractivity contribution < 1.29 is 18.0 Å². The number of thiazole rings is 1. The van der Waals surface area contributed by atoms with Crippen LogP contribution in [0.25, 0.3) is 11.4 Å². The van der Waals surface area contributed by atoms with Gasteiger partial charge in [-0.1, -0.05) is 0 Å². The predicted molar refractivity (Wildman–Crippen MR) is 109 cm³/mol. The number of halogens is 3. The van der Waals surface area contributed by atoms with Gasteiger partial charge in [0.2, 0.25) is 0 Å². The summed E-state index contributed by atoms with van der Waals surface area (Å²) in [7, 11) is 0. The standard InChI is InChI=1S/C21H13F3N4O2S/c22-14-1-3-25-17(9-14)18-11-31-21(26-18)27-20(30)13-2-4-28(19(29)7-13)10-12-5-15(23)8-16(24)6-12/h1-9,11H,10H2,(H,26,27,30). The van der Waals surface area contributed by atoms with Crippen LogP contribution in [0.4, 0.5) is 18.3 Å². The van der Waals surface area contributed by atoms with Gasteiger partial charge in [-0.05, 0) is 29.8 Å². The molecule has 0 unspecified atom stereocenters. The Morgan fingerprint density at radius 2 is 1.77 bits per heavy atom. The Morgan fingerprint density at radius 1 is 1.00 bits per heavy atom. The third-order valence-corrected chi connectivity index (χ3v) is 5.00. The number of hydrogen-bond donors (Lipinski definition) is 1. The Kier molecular flexibility index (Phi) is 5.63. The van der Waals surface area contributed by atoms with E-state index in [1.165, 1.54) is 35.2 Å². The van der Waals surface area contributed by atoms with Gasteiger partial charge in [0.1, 0.15) is 23.1 Å². The van der Waals surface area contributed by atoms with E-state index in [2.05, 4.69) is 15.3 Å². The van der Waals surface area contributed by atoms with Crippen LogP contribution in [0.15, 0.2) is 65.0 Å². The lowest BCUT2D eigenvalue weighted by atomic mass is 10.2. The Labute approximate surface area is 177 Å². The Balaban J connectivity index is 1.48. The fourth-order valence-electron chi connectivity index (χ4n) is 2.84. The molecular formula is C21H13F3N4O2S. The first kappa shape index (κ1) is 20.5. The molecular weight excluding hydrogens is 429 g/mol. The number of carbonyl (C=O) groups excluding carboxylic acids is 1. The van der Waals surface area contributed by atoms with Crippen molar-refractivity contribution in [3.05, 3.63) is 99.2 Å². The molecule has 31 heavy (non-hydrogen) atoms. The molecule has 1 amide bonds. The molecule has 1 aromatic carbocycles. The summed E-state index contributed by atoms with van der Waals surface area (Å²) in [5.74, 6) is -2.50. The van der Waals surface area contributed by atoms with E-state index in [0.717, 1.165) is 35.6 Å². The average Bonchev–Trinajstić information content (AvgIpc) is 3.17. The van der Waals surface area contributed by atoms with Gasteiger partial charge in [-0.2, -0.15) is 0 Å². The molecule has 0 spiro atoms. The zero-order valence-corrected chi connectivity index (χ0v) is 16.5. The highest BCUT2D eigenvalue weighted by atomic mass is 32.1. The molecule has 0 saturated heterocycles. The number of benzene rings is 1. The molecule has 4 rings (SSSR count). The highest BCUT2D eigenvalue weighted by Gasteiger charge is 2.13. The second kappa shape index (κ2) is 8.52. The number of aromatic nitrogens is 3. The number of nitrogens with one attached hydrogen (secondary N) is 1. The number of carbonyl (C=O) groups is 1. The lowest BCUT2D eigenvalue weighted by Crippen LogP contribution is -2.22. The molecule has 0 aliphatic carbocycles. The van der Waals surface area contributed by atoms with E-state index >= 15 is 0 Å². The van der Waals surface area contributed by atoms with Crippen molar-refractivity contribution in [1.82, 2.24) is 14.5 Å². The highest BCUT2D eigenvalue weighted by molar-refractivity contribution is 7.14. The molecule has 0 radical (unpaired) electrons. The van der Waals surface area contributed by atoms with Crippen LogP contribution in [0.1, 0.15) is 15.9 Å². The van der Waals surface area contributed by atoms with Crippen molar-refractivity contribution in [2.45, 2.75) is 6.54 Å². The van der Waals surface area contributed by atoms with Crippen LogP contribution in [0.2, 0.25) is 0 Å². The zero-order valence-electron chi connectivity index (χ0n) is 15.7. The fourth-order valence-corrected chi connectivity index (χ4v) is 3.54. The minimum atomic E-state index is -0.740. The lowest BCUT2D eigenvalue weighted by molar-refractivity contribution is 0.102. The lowest BCUT2D eigenvalue weighted by Gasteiger charge is -2.08. The first-order valence-corrected chi connectivity index (χ1v) is 9.79. The first-order chi connectivity index (χ1) is 14.9. The number of anilines is 1. The molecule has 156 valence electrons. The van der Waals surface area contributed by atoms with Gasteiger partial charge in [-0.3, -0.25) is 19.9 Å². The topological polar surface area (TPSA) is 76.9 Å². The SMILES string of the molecule is O=C(Nc1nc(-c2cc(F)ccn2)cs1)c1ccn(Cc2cc(F)cc(F)c2)c(=O)c1. The summed E-state index contributed by atoms with van der Waals surface area (Å²) in [5.41, 5.74) is 0.581. The molecule has 0 atom stereocenters. The molecule has 4 aromatic rings. The van der Waals surface area contributed by atoms with Crippen LogP contribution in [0.5, 0.6) is 0 Å². The van der Waals surface area contributed by atoms with Gasteiger partial charge < -0.3 is 4.57 Å². The van der Waals surface area contributed by atoms with Crippen LogP contribution < -0.4 is 10.9 Å². The Hall–Kier alpha value is -3.79. The molecule has 1 N–H and O–H groups in total. The molecule has 0 bridgehead atoms. The third kappa shape index (κ3) is 4.86. The maximum Gasteiger partial charge on any atom is 0.257 e. The van der Waals surface area contributed by atoms with Crippen molar-refractivity contribution in [1.29, 1.82) is 0 Å². The quantitative estimate of drug-likeness (QED) is 0.505. The largest absolute Gasteiger partial charge is 0.311 e. The second-order valence-electron chi connectivity index (χ2n) is 6.51. The maximum atomic E-state index is 13.3. The number of amides is 1. The van der Waals surface area contributed by atoms with Crippen molar-refractivity contribution in [2.24, 2.45) is 0 Å². The fraction of sp³-hybridized carbons (Fsp3) is 0.0476. The van der Waals surface area contributed by atoms with Gasteiger partial charge >= 0.3 is 0 Å². The van der Waals surface area contributed by atoms with Crippen LogP contribution in [-0.4, -0.2) is 20.4 Å². The monoisotopic (exact) mass is 442 g/mol. The smallest absolute Gasteiger partial charge is 0.257 e. The highest BCUT2D eigenvalue weighted by Crippen LogP contribution is 2.24. The molecule has 3 aromatic heterocycles. The predicted octanol–water partition coefficient (Wildman–Crippen LogP) is 4.08. The van der Waals surface area contributed by atoms with Crippen molar-refractivity contribution in [3.8, 4) is 11.4 Å². The van der Waals surface area contributed by atoms with Gasteiger partial charge in [-0.15, -0.1) is 11.3 Å². The summed E-state index contributed by atoms with van der Waals surface area (Å²) in [6, 6.07) is 7.97. The van der Waals surface area contributed by atoms with Crippen LogP contribution in [0.3, 0.4) is 0 Å². The summed E-state index contributed by atoms with van der Waals surface area (Å²) in [6.07, 6.45) is 2.68. The van der Waals surface area contributed by atoms with E-state index in [-0.39, 0.29) is 22.8 Å². The van der Waals surface area contributed by atoms with Crippen molar-refractivity contribution >= 4 is 22.4 Å². The van der Waals surface area contributed by atoms with E-state index < -0.39 is 28.9 Å². The van der Waals surface area contributed by atoms with Gasteiger partial charge in [-0.25, -0.2) is 18.2 Å². The number of nitrogens with zero attached hydrogens (tertiary/aromatic N) is 3. The molecule has 0 aliphatic rings. The minimum absolute atomic E-state index is 0.0497. The van der Waals surface area contributed by atoms with E-state index in [9.17, 15) is 22.8 Å². The van der Waals surface area contributed by atoms with Crippen molar-refractivity contribution in [2.75, 3.05) is 5.32 Å². The zero-order chi connectivity index (χ0) is 22.0. The van der Waals surface area contributed by atoms with E-state index in [0.29, 0.717) is 11.4 Å². The molecule has 0 saturated carbocycles. The van der Waals surface area contributed by atoms with Crippen molar-refractivity contribution in [3.63, 3.8) is 0 Å². The van der Waals surface area contributed by atoms with E-state index in [4.69, 9.17) is 0 Å². The molecule has 6 nitrogen and oxygen atoms in total. The number of rotatable bonds is 5. The van der Waals surface area contributed by atoms with Crippen LogP contribution in [0, 0.1) is 17.5 Å². The Morgan fingerprint density at radius 3 is 2.48 bits per heavy atom. The summed E-state index contributed by atoms with van der Waals surface area (Å²) < 4.78 is 41.2. The first-order valence-electron chi connectivity index (χ1n) is 8.92. The van der Waals surface area contributed by atoms with Gasteiger partial charge in [0.15, 0.2) is 5.13 Å². The summed E-state index contributed by atoms with van der Waals surface area (Å²) in [6.45, 7) is -0.0497. The minimum Gasteiger partial charge on any atom is -0.311 e. The van der Waals surface area contributed by atoms with Crippen LogP contribution >= 0.6 is 11.3 Å².